The van der Waals surface area contributed by atoms with Crippen molar-refractivity contribution in [2.24, 2.45) is 11.8 Å². The number of carboxylic acid groups (broad SMARTS) is 1. The fraction of sp³-hybridized carbons (Fsp3) is 0.818. The minimum absolute atomic E-state index is 0.0928. The highest BCUT2D eigenvalue weighted by atomic mass is 32.2. The van der Waals surface area contributed by atoms with E-state index in [0.717, 1.165) is 6.26 Å². The van der Waals surface area contributed by atoms with Crippen molar-refractivity contribution in [2.75, 3.05) is 38.7 Å². The monoisotopic (exact) mass is 292 g/mol. The Morgan fingerprint density at radius 3 is 2.37 bits per heavy atom. The van der Waals surface area contributed by atoms with Crippen LogP contribution in [0.3, 0.4) is 0 Å². The third kappa shape index (κ3) is 4.38. The molecule has 7 nitrogen and oxygen atoms in total. The summed E-state index contributed by atoms with van der Waals surface area (Å²) in [7, 11) is -1.60. The smallest absolute Gasteiger partial charge is 0.319 e. The first-order valence-corrected chi connectivity index (χ1v) is 8.08. The molecule has 2 atom stereocenters. The molecule has 0 radical (unpaired) electrons. The van der Waals surface area contributed by atoms with E-state index in [9.17, 15) is 18.0 Å². The number of carbonyl (C=O) groups excluding carboxylic acids is 1. The Kier molecular flexibility index (Phi) is 4.78. The van der Waals surface area contributed by atoms with Crippen molar-refractivity contribution in [3.05, 3.63) is 0 Å². The van der Waals surface area contributed by atoms with E-state index in [-0.39, 0.29) is 30.8 Å². The fourth-order valence-corrected chi connectivity index (χ4v) is 2.69. The first kappa shape index (κ1) is 15.7. The minimum Gasteiger partial charge on any atom is -0.481 e. The van der Waals surface area contributed by atoms with Crippen LogP contribution in [-0.4, -0.2) is 74.0 Å². The topological polar surface area (TPSA) is 95.0 Å². The zero-order valence-electron chi connectivity index (χ0n) is 11.4. The SMILES string of the molecule is CC1CN(C(=O)N(C)CCS(C)(=O)=O)CC1C(=O)O. The van der Waals surface area contributed by atoms with E-state index in [0.29, 0.717) is 6.54 Å². The molecule has 1 aliphatic heterocycles. The van der Waals surface area contributed by atoms with Gasteiger partial charge in [-0.05, 0) is 5.92 Å². The molecule has 0 aliphatic carbocycles. The van der Waals surface area contributed by atoms with Gasteiger partial charge in [-0.3, -0.25) is 4.79 Å². The largest absolute Gasteiger partial charge is 0.481 e. The third-order valence-corrected chi connectivity index (χ3v) is 4.25. The molecule has 0 spiro atoms. The second-order valence-corrected chi connectivity index (χ2v) is 7.42. The highest BCUT2D eigenvalue weighted by Crippen LogP contribution is 2.23. The van der Waals surface area contributed by atoms with Gasteiger partial charge in [0.15, 0.2) is 0 Å². The highest BCUT2D eigenvalue weighted by Gasteiger charge is 2.37. The normalized spacial score (nSPS) is 23.4. The van der Waals surface area contributed by atoms with Crippen LogP contribution in [0.15, 0.2) is 0 Å². The number of aliphatic carboxylic acids is 1. The van der Waals surface area contributed by atoms with Crippen molar-refractivity contribution in [1.82, 2.24) is 9.80 Å². The van der Waals surface area contributed by atoms with Gasteiger partial charge in [-0.1, -0.05) is 6.92 Å². The lowest BCUT2D eigenvalue weighted by atomic mass is 9.99. The van der Waals surface area contributed by atoms with Gasteiger partial charge in [0.2, 0.25) is 0 Å². The quantitative estimate of drug-likeness (QED) is 0.770. The maximum absolute atomic E-state index is 12.0. The van der Waals surface area contributed by atoms with Crippen LogP contribution in [0, 0.1) is 11.8 Å². The van der Waals surface area contributed by atoms with Gasteiger partial charge in [0.25, 0.3) is 0 Å². The predicted molar refractivity (Wildman–Crippen MR) is 69.6 cm³/mol. The van der Waals surface area contributed by atoms with E-state index in [4.69, 9.17) is 5.11 Å². The van der Waals surface area contributed by atoms with Crippen LogP contribution in [0.5, 0.6) is 0 Å². The summed E-state index contributed by atoms with van der Waals surface area (Å²) < 4.78 is 22.1. The Balaban J connectivity index is 2.57. The number of carboxylic acids is 1. The number of amides is 2. The average molecular weight is 292 g/mol. The van der Waals surface area contributed by atoms with E-state index in [1.807, 2.05) is 0 Å². The van der Waals surface area contributed by atoms with Crippen LogP contribution in [0.25, 0.3) is 0 Å². The molecule has 1 N–H and O–H groups in total. The van der Waals surface area contributed by atoms with Gasteiger partial charge in [-0.2, -0.15) is 0 Å². The molecule has 2 unspecified atom stereocenters. The standard InChI is InChI=1S/C11H20N2O5S/c1-8-6-13(7-9(8)10(14)15)11(16)12(2)4-5-19(3,17)18/h8-9H,4-7H2,1-3H3,(H,14,15). The minimum atomic E-state index is -3.12. The van der Waals surface area contributed by atoms with Crippen molar-refractivity contribution in [2.45, 2.75) is 6.92 Å². The molecule has 0 aromatic rings. The van der Waals surface area contributed by atoms with Crippen LogP contribution in [0.4, 0.5) is 4.79 Å². The second-order valence-electron chi connectivity index (χ2n) is 5.16. The first-order chi connectivity index (χ1) is 8.61. The number of hydrogen-bond donors (Lipinski definition) is 1. The van der Waals surface area contributed by atoms with E-state index < -0.39 is 21.7 Å². The number of nitrogens with zero attached hydrogens (tertiary/aromatic N) is 2. The molecule has 1 heterocycles. The summed E-state index contributed by atoms with van der Waals surface area (Å²) in [4.78, 5) is 25.8. The third-order valence-electron chi connectivity index (χ3n) is 3.32. The molecule has 1 saturated heterocycles. The van der Waals surface area contributed by atoms with Gasteiger partial charge in [0.1, 0.15) is 9.84 Å². The molecule has 110 valence electrons. The molecular weight excluding hydrogens is 272 g/mol. The van der Waals surface area contributed by atoms with E-state index in [2.05, 4.69) is 0 Å². The number of rotatable bonds is 4. The summed E-state index contributed by atoms with van der Waals surface area (Å²) in [5, 5.41) is 9.00. The molecule has 8 heteroatoms. The number of carbonyl (C=O) groups is 2. The van der Waals surface area contributed by atoms with Gasteiger partial charge >= 0.3 is 12.0 Å². The Bertz CT molecular complexity index is 462. The highest BCUT2D eigenvalue weighted by molar-refractivity contribution is 7.90. The molecule has 0 bridgehead atoms. The van der Waals surface area contributed by atoms with Crippen molar-refractivity contribution < 1.29 is 23.1 Å². The van der Waals surface area contributed by atoms with Crippen LogP contribution in [0.2, 0.25) is 0 Å². The van der Waals surface area contributed by atoms with Gasteiger partial charge in [0, 0.05) is 32.9 Å². The first-order valence-electron chi connectivity index (χ1n) is 6.02. The zero-order chi connectivity index (χ0) is 14.8. The Morgan fingerprint density at radius 2 is 1.95 bits per heavy atom. The number of urea groups is 1. The molecule has 1 aliphatic rings. The van der Waals surface area contributed by atoms with E-state index >= 15 is 0 Å². The van der Waals surface area contributed by atoms with Crippen LogP contribution in [0.1, 0.15) is 6.92 Å². The summed E-state index contributed by atoms with van der Waals surface area (Å²) in [6.45, 7) is 2.47. The summed E-state index contributed by atoms with van der Waals surface area (Å²) in [6, 6.07) is -0.320. The van der Waals surface area contributed by atoms with Crippen molar-refractivity contribution >= 4 is 21.8 Å². The summed E-state index contributed by atoms with van der Waals surface area (Å²) in [5.41, 5.74) is 0. The van der Waals surface area contributed by atoms with Gasteiger partial charge in [-0.15, -0.1) is 0 Å². The maximum atomic E-state index is 12.0. The van der Waals surface area contributed by atoms with Crippen LogP contribution in [-0.2, 0) is 14.6 Å². The lowest BCUT2D eigenvalue weighted by Crippen LogP contribution is -2.42. The van der Waals surface area contributed by atoms with E-state index in [1.54, 1.807) is 6.92 Å². The predicted octanol–water partition coefficient (Wildman–Crippen LogP) is -0.265. The molecule has 0 saturated carbocycles. The Labute approximate surface area is 113 Å². The zero-order valence-corrected chi connectivity index (χ0v) is 12.2. The van der Waals surface area contributed by atoms with Crippen molar-refractivity contribution in [1.29, 1.82) is 0 Å². The van der Waals surface area contributed by atoms with Crippen LogP contribution >= 0.6 is 0 Å². The molecular formula is C11H20N2O5S. The molecule has 0 aromatic carbocycles. The molecule has 0 aromatic heterocycles. The van der Waals surface area contributed by atoms with E-state index in [1.165, 1.54) is 16.8 Å². The molecule has 19 heavy (non-hydrogen) atoms. The number of sulfone groups is 1. The summed E-state index contributed by atoms with van der Waals surface area (Å²) in [6.07, 6.45) is 1.11. The molecule has 1 rings (SSSR count). The lowest BCUT2D eigenvalue weighted by molar-refractivity contribution is -0.142. The second kappa shape index (κ2) is 5.77. The van der Waals surface area contributed by atoms with Gasteiger partial charge in [0.05, 0.1) is 11.7 Å². The lowest BCUT2D eigenvalue weighted by Gasteiger charge is -2.24. The van der Waals surface area contributed by atoms with Gasteiger partial charge in [-0.25, -0.2) is 13.2 Å². The summed E-state index contributed by atoms with van der Waals surface area (Å²) in [5.74, 6) is -1.64. The molecule has 2 amide bonds. The van der Waals surface area contributed by atoms with Crippen molar-refractivity contribution in [3.8, 4) is 0 Å². The van der Waals surface area contributed by atoms with Crippen LogP contribution < -0.4 is 0 Å². The Hall–Kier alpha value is -1.31. The molecule has 1 fully saturated rings. The van der Waals surface area contributed by atoms with Crippen molar-refractivity contribution in [3.63, 3.8) is 0 Å². The average Bonchev–Trinajstić information content (AvgIpc) is 2.66. The number of hydrogen-bond acceptors (Lipinski definition) is 4. The maximum Gasteiger partial charge on any atom is 0.319 e. The fourth-order valence-electron chi connectivity index (χ4n) is 2.08. The summed E-state index contributed by atoms with van der Waals surface area (Å²) >= 11 is 0. The number of likely N-dealkylation sites (tertiary alicyclic amines) is 1. The Morgan fingerprint density at radius 1 is 1.37 bits per heavy atom. The van der Waals surface area contributed by atoms with Gasteiger partial charge < -0.3 is 14.9 Å².